The molecule has 0 fully saturated rings. The number of nitrogens with two attached hydrogens (primary N) is 1. The van der Waals surface area contributed by atoms with Crippen LogP contribution < -0.4 is 11.1 Å². The number of rotatable bonds is 8. The van der Waals surface area contributed by atoms with Crippen LogP contribution in [0.2, 0.25) is 0 Å². The van der Waals surface area contributed by atoms with Crippen LogP contribution in [0.4, 0.5) is 0 Å². The molecule has 0 aliphatic rings. The number of thioether (sulfide) groups is 1. The summed E-state index contributed by atoms with van der Waals surface area (Å²) in [6.45, 7) is 3.51. The lowest BCUT2D eigenvalue weighted by molar-refractivity contribution is -0.120. The third-order valence-electron chi connectivity index (χ3n) is 1.52. The van der Waals surface area contributed by atoms with Gasteiger partial charge in [0, 0.05) is 18.7 Å². The Morgan fingerprint density at radius 2 is 2.23 bits per heavy atom. The Hall–Kier alpha value is -0.220. The fourth-order valence-corrected chi connectivity index (χ4v) is 1.65. The highest BCUT2D eigenvalue weighted by Crippen LogP contribution is 2.03. The molecule has 0 unspecified atom stereocenters. The van der Waals surface area contributed by atoms with Crippen molar-refractivity contribution in [2.75, 3.05) is 24.6 Å². The lowest BCUT2D eigenvalue weighted by atomic mass is 10.4. The van der Waals surface area contributed by atoms with E-state index in [-0.39, 0.29) is 5.91 Å². The standard InChI is InChI=1S/C9H20N2OS/c1-2-7-13-8-4-9(12)11-6-3-5-10/h2-8,10H2,1H3,(H,11,12). The molecule has 0 radical (unpaired) electrons. The van der Waals surface area contributed by atoms with Gasteiger partial charge in [-0.25, -0.2) is 0 Å². The molecule has 0 rings (SSSR count). The van der Waals surface area contributed by atoms with Gasteiger partial charge in [-0.1, -0.05) is 6.92 Å². The molecule has 0 atom stereocenters. The number of hydrogen-bond donors (Lipinski definition) is 2. The summed E-state index contributed by atoms with van der Waals surface area (Å²) in [4.78, 5) is 11.1. The smallest absolute Gasteiger partial charge is 0.220 e. The summed E-state index contributed by atoms with van der Waals surface area (Å²) < 4.78 is 0. The summed E-state index contributed by atoms with van der Waals surface area (Å²) in [5.74, 6) is 2.23. The van der Waals surface area contributed by atoms with Crippen molar-refractivity contribution in [1.82, 2.24) is 5.32 Å². The molecule has 0 aromatic rings. The van der Waals surface area contributed by atoms with Crippen molar-refractivity contribution in [3.05, 3.63) is 0 Å². The maximum Gasteiger partial charge on any atom is 0.220 e. The Labute approximate surface area is 84.8 Å². The normalized spacial score (nSPS) is 10.0. The molecule has 0 aromatic carbocycles. The first-order chi connectivity index (χ1) is 6.31. The van der Waals surface area contributed by atoms with Crippen LogP contribution in [0, 0.1) is 0 Å². The van der Waals surface area contributed by atoms with Gasteiger partial charge in [0.15, 0.2) is 0 Å². The molecule has 4 heteroatoms. The fourth-order valence-electron chi connectivity index (χ4n) is 0.830. The summed E-state index contributed by atoms with van der Waals surface area (Å²) in [6, 6.07) is 0. The molecule has 0 saturated carbocycles. The average molecular weight is 204 g/mol. The second-order valence-electron chi connectivity index (χ2n) is 2.85. The Balaban J connectivity index is 3.11. The van der Waals surface area contributed by atoms with E-state index < -0.39 is 0 Å². The molecule has 78 valence electrons. The van der Waals surface area contributed by atoms with Gasteiger partial charge < -0.3 is 11.1 Å². The van der Waals surface area contributed by atoms with Gasteiger partial charge in [-0.05, 0) is 25.1 Å². The molecule has 0 saturated heterocycles. The van der Waals surface area contributed by atoms with Crippen molar-refractivity contribution in [2.24, 2.45) is 5.73 Å². The zero-order chi connectivity index (χ0) is 9.94. The fraction of sp³-hybridized carbons (Fsp3) is 0.889. The second-order valence-corrected chi connectivity index (χ2v) is 4.08. The number of hydrogen-bond acceptors (Lipinski definition) is 3. The minimum absolute atomic E-state index is 0.150. The first-order valence-corrected chi connectivity index (χ1v) is 6.01. The van der Waals surface area contributed by atoms with Gasteiger partial charge in [-0.2, -0.15) is 11.8 Å². The van der Waals surface area contributed by atoms with Gasteiger partial charge in [-0.15, -0.1) is 0 Å². The van der Waals surface area contributed by atoms with Crippen molar-refractivity contribution in [2.45, 2.75) is 26.2 Å². The number of amides is 1. The molecule has 3 nitrogen and oxygen atoms in total. The molecule has 1 amide bonds. The van der Waals surface area contributed by atoms with E-state index in [1.165, 1.54) is 6.42 Å². The van der Waals surface area contributed by atoms with Crippen LogP contribution in [0.1, 0.15) is 26.2 Å². The number of carbonyl (C=O) groups excluding carboxylic acids is 1. The van der Waals surface area contributed by atoms with Crippen LogP contribution in [0.25, 0.3) is 0 Å². The van der Waals surface area contributed by atoms with Gasteiger partial charge in [0.25, 0.3) is 0 Å². The van der Waals surface area contributed by atoms with Crippen molar-refractivity contribution in [1.29, 1.82) is 0 Å². The summed E-state index contributed by atoms with van der Waals surface area (Å²) in [6.07, 6.45) is 2.68. The maximum atomic E-state index is 11.1. The van der Waals surface area contributed by atoms with E-state index in [1.807, 2.05) is 11.8 Å². The van der Waals surface area contributed by atoms with E-state index in [1.54, 1.807) is 0 Å². The van der Waals surface area contributed by atoms with Crippen LogP contribution in [0.5, 0.6) is 0 Å². The Morgan fingerprint density at radius 3 is 2.85 bits per heavy atom. The second kappa shape index (κ2) is 9.86. The van der Waals surface area contributed by atoms with Crippen molar-refractivity contribution < 1.29 is 4.79 Å². The monoisotopic (exact) mass is 204 g/mol. The van der Waals surface area contributed by atoms with Crippen LogP contribution in [0.3, 0.4) is 0 Å². The highest BCUT2D eigenvalue weighted by atomic mass is 32.2. The molecule has 13 heavy (non-hydrogen) atoms. The van der Waals surface area contributed by atoms with Crippen molar-refractivity contribution >= 4 is 17.7 Å². The van der Waals surface area contributed by atoms with E-state index in [9.17, 15) is 4.79 Å². The van der Waals surface area contributed by atoms with E-state index in [2.05, 4.69) is 12.2 Å². The van der Waals surface area contributed by atoms with E-state index in [0.29, 0.717) is 19.5 Å². The molecule has 0 bridgehead atoms. The van der Waals surface area contributed by atoms with Crippen LogP contribution in [-0.2, 0) is 4.79 Å². The third-order valence-corrected chi connectivity index (χ3v) is 2.71. The van der Waals surface area contributed by atoms with E-state index in [4.69, 9.17) is 5.73 Å². The Kier molecular flexibility index (Phi) is 9.70. The summed E-state index contributed by atoms with van der Waals surface area (Å²) in [5.41, 5.74) is 5.30. The lowest BCUT2D eigenvalue weighted by Gasteiger charge is -2.03. The molecule has 0 aliphatic carbocycles. The molecule has 3 N–H and O–H groups in total. The predicted octanol–water partition coefficient (Wildman–Crippen LogP) is 0.985. The average Bonchev–Trinajstić information content (AvgIpc) is 2.13. The van der Waals surface area contributed by atoms with Crippen LogP contribution >= 0.6 is 11.8 Å². The topological polar surface area (TPSA) is 55.1 Å². The minimum atomic E-state index is 0.150. The van der Waals surface area contributed by atoms with E-state index >= 15 is 0 Å². The van der Waals surface area contributed by atoms with Crippen molar-refractivity contribution in [3.63, 3.8) is 0 Å². The van der Waals surface area contributed by atoms with Gasteiger partial charge in [0.05, 0.1) is 0 Å². The molecular weight excluding hydrogens is 184 g/mol. The van der Waals surface area contributed by atoms with Gasteiger partial charge in [0.2, 0.25) is 5.91 Å². The molecule has 0 heterocycles. The summed E-state index contributed by atoms with van der Waals surface area (Å²) in [7, 11) is 0. The largest absolute Gasteiger partial charge is 0.356 e. The number of carbonyl (C=O) groups is 1. The van der Waals surface area contributed by atoms with Crippen LogP contribution in [-0.4, -0.2) is 30.5 Å². The SMILES string of the molecule is CCCSCCC(=O)NCCCN. The molecule has 0 spiro atoms. The minimum Gasteiger partial charge on any atom is -0.356 e. The highest BCUT2D eigenvalue weighted by molar-refractivity contribution is 7.99. The first-order valence-electron chi connectivity index (χ1n) is 4.85. The summed E-state index contributed by atoms with van der Waals surface area (Å²) >= 11 is 1.84. The predicted molar refractivity (Wildman–Crippen MR) is 58.9 cm³/mol. The summed E-state index contributed by atoms with van der Waals surface area (Å²) in [5, 5.41) is 2.83. The Bertz CT molecular complexity index is 131. The van der Waals surface area contributed by atoms with Gasteiger partial charge in [0.1, 0.15) is 0 Å². The first kappa shape index (κ1) is 12.8. The molecule has 0 aromatic heterocycles. The lowest BCUT2D eigenvalue weighted by Crippen LogP contribution is -2.26. The van der Waals surface area contributed by atoms with Gasteiger partial charge in [-0.3, -0.25) is 4.79 Å². The zero-order valence-electron chi connectivity index (χ0n) is 8.34. The number of nitrogens with one attached hydrogen (secondary N) is 1. The molecular formula is C9H20N2OS. The molecule has 0 aliphatic heterocycles. The van der Waals surface area contributed by atoms with Gasteiger partial charge >= 0.3 is 0 Å². The van der Waals surface area contributed by atoms with E-state index in [0.717, 1.165) is 17.9 Å². The van der Waals surface area contributed by atoms with Crippen molar-refractivity contribution in [3.8, 4) is 0 Å². The quantitative estimate of drug-likeness (QED) is 0.580. The maximum absolute atomic E-state index is 11.1. The Morgan fingerprint density at radius 1 is 1.46 bits per heavy atom. The third kappa shape index (κ3) is 9.70. The van der Waals surface area contributed by atoms with Crippen LogP contribution in [0.15, 0.2) is 0 Å². The highest BCUT2D eigenvalue weighted by Gasteiger charge is 1.98. The zero-order valence-corrected chi connectivity index (χ0v) is 9.16.